The minimum Gasteiger partial charge on any atom is -0.350 e. The molecule has 0 bridgehead atoms. The van der Waals surface area contributed by atoms with Gasteiger partial charge in [0.15, 0.2) is 0 Å². The van der Waals surface area contributed by atoms with Gasteiger partial charge < -0.3 is 5.32 Å². The average molecular weight is 265 g/mol. The molecule has 0 saturated carbocycles. The van der Waals surface area contributed by atoms with Crippen molar-refractivity contribution < 1.29 is 0 Å². The molecule has 5 heteroatoms. The van der Waals surface area contributed by atoms with E-state index in [1.165, 1.54) is 5.56 Å². The fourth-order valence-corrected chi connectivity index (χ4v) is 2.00. The molecule has 2 heterocycles. The summed E-state index contributed by atoms with van der Waals surface area (Å²) in [4.78, 5) is 8.28. The van der Waals surface area contributed by atoms with Crippen LogP contribution < -0.4 is 5.32 Å². The van der Waals surface area contributed by atoms with Crippen molar-refractivity contribution in [2.45, 2.75) is 6.54 Å². The van der Waals surface area contributed by atoms with E-state index in [-0.39, 0.29) is 0 Å². The Balaban J connectivity index is 1.75. The third kappa shape index (κ3) is 2.83. The quantitative estimate of drug-likeness (QED) is 0.787. The predicted octanol–water partition coefficient (Wildman–Crippen LogP) is 2.49. The van der Waals surface area contributed by atoms with Gasteiger partial charge in [0, 0.05) is 37.7 Å². The van der Waals surface area contributed by atoms with Gasteiger partial charge in [0.2, 0.25) is 5.95 Å². The molecule has 1 aromatic carbocycles. The van der Waals surface area contributed by atoms with Gasteiger partial charge in [-0.15, -0.1) is 0 Å². The van der Waals surface area contributed by atoms with E-state index in [9.17, 15) is 0 Å². The summed E-state index contributed by atoms with van der Waals surface area (Å²) < 4.78 is 1.80. The molecule has 0 fully saturated rings. The fraction of sp³-hybridized carbons (Fsp3) is 0.133. The van der Waals surface area contributed by atoms with E-state index in [2.05, 4.69) is 38.6 Å². The molecule has 0 aliphatic heterocycles. The molecule has 100 valence electrons. The minimum absolute atomic E-state index is 0.638. The van der Waals surface area contributed by atoms with Gasteiger partial charge >= 0.3 is 0 Å². The first-order valence-corrected chi connectivity index (χ1v) is 6.40. The Morgan fingerprint density at radius 2 is 1.95 bits per heavy atom. The van der Waals surface area contributed by atoms with Crippen molar-refractivity contribution in [3.8, 4) is 11.1 Å². The van der Waals surface area contributed by atoms with Crippen molar-refractivity contribution in [2.75, 3.05) is 5.32 Å². The van der Waals surface area contributed by atoms with Crippen molar-refractivity contribution in [3.63, 3.8) is 0 Å². The smallest absolute Gasteiger partial charge is 0.222 e. The number of hydrogen-bond donors (Lipinski definition) is 1. The van der Waals surface area contributed by atoms with Crippen LogP contribution in [0.3, 0.4) is 0 Å². The number of aryl methyl sites for hydroxylation is 1. The number of nitrogens with one attached hydrogen (secondary N) is 1. The van der Waals surface area contributed by atoms with Crippen LogP contribution in [-0.4, -0.2) is 19.7 Å². The van der Waals surface area contributed by atoms with Crippen LogP contribution in [0.15, 0.2) is 55.1 Å². The van der Waals surface area contributed by atoms with E-state index < -0.39 is 0 Å². The van der Waals surface area contributed by atoms with E-state index in [4.69, 9.17) is 0 Å². The summed E-state index contributed by atoms with van der Waals surface area (Å²) in [6, 6.07) is 10.2. The predicted molar refractivity (Wildman–Crippen MR) is 78.0 cm³/mol. The van der Waals surface area contributed by atoms with Crippen LogP contribution in [0.1, 0.15) is 5.56 Å². The van der Waals surface area contributed by atoms with Gasteiger partial charge in [0.1, 0.15) is 0 Å². The van der Waals surface area contributed by atoms with Crippen molar-refractivity contribution >= 4 is 5.95 Å². The standard InChI is InChI=1S/C15H15N5/c1-20-11-14(10-19-20)13-5-2-4-12(8-13)9-18-15-16-6-3-7-17-15/h2-8,10-11H,9H2,1H3,(H,16,17,18). The fourth-order valence-electron chi connectivity index (χ4n) is 2.00. The second-order valence-electron chi connectivity index (χ2n) is 4.53. The Kier molecular flexibility index (Phi) is 3.41. The highest BCUT2D eigenvalue weighted by Gasteiger charge is 2.02. The normalized spacial score (nSPS) is 10.4. The molecule has 0 saturated heterocycles. The number of anilines is 1. The summed E-state index contributed by atoms with van der Waals surface area (Å²) in [7, 11) is 1.92. The van der Waals surface area contributed by atoms with E-state index >= 15 is 0 Å². The van der Waals surface area contributed by atoms with Gasteiger partial charge in [0.05, 0.1) is 6.20 Å². The molecule has 0 unspecified atom stereocenters. The monoisotopic (exact) mass is 265 g/mol. The van der Waals surface area contributed by atoms with Gasteiger partial charge in [-0.3, -0.25) is 4.68 Å². The Labute approximate surface area is 117 Å². The lowest BCUT2D eigenvalue weighted by atomic mass is 10.1. The van der Waals surface area contributed by atoms with Gasteiger partial charge in [-0.1, -0.05) is 18.2 Å². The molecule has 0 atom stereocenters. The van der Waals surface area contributed by atoms with E-state index in [0.29, 0.717) is 12.5 Å². The summed E-state index contributed by atoms with van der Waals surface area (Å²) in [5.41, 5.74) is 3.45. The molecule has 0 spiro atoms. The second-order valence-corrected chi connectivity index (χ2v) is 4.53. The molecular weight excluding hydrogens is 250 g/mol. The highest BCUT2D eigenvalue weighted by atomic mass is 15.2. The minimum atomic E-state index is 0.638. The lowest BCUT2D eigenvalue weighted by Gasteiger charge is -2.06. The van der Waals surface area contributed by atoms with Gasteiger partial charge in [-0.05, 0) is 23.3 Å². The zero-order valence-electron chi connectivity index (χ0n) is 11.2. The summed E-state index contributed by atoms with van der Waals surface area (Å²) in [6.07, 6.45) is 7.32. The number of benzene rings is 1. The molecule has 0 amide bonds. The largest absolute Gasteiger partial charge is 0.350 e. The summed E-state index contributed by atoms with van der Waals surface area (Å²) >= 11 is 0. The molecule has 3 rings (SSSR count). The van der Waals surface area contributed by atoms with Crippen molar-refractivity contribution in [2.24, 2.45) is 7.05 Å². The highest BCUT2D eigenvalue weighted by Crippen LogP contribution is 2.19. The summed E-state index contributed by atoms with van der Waals surface area (Å²) in [6.45, 7) is 0.693. The molecule has 3 aromatic rings. The Morgan fingerprint density at radius 3 is 2.70 bits per heavy atom. The van der Waals surface area contributed by atoms with Gasteiger partial charge in [0.25, 0.3) is 0 Å². The van der Waals surface area contributed by atoms with Crippen molar-refractivity contribution in [1.82, 2.24) is 19.7 Å². The molecule has 0 aliphatic carbocycles. The van der Waals surface area contributed by atoms with Crippen LogP contribution in [0.4, 0.5) is 5.95 Å². The van der Waals surface area contributed by atoms with Crippen LogP contribution in [0.5, 0.6) is 0 Å². The number of nitrogens with zero attached hydrogens (tertiary/aromatic N) is 4. The molecule has 2 aromatic heterocycles. The summed E-state index contributed by atoms with van der Waals surface area (Å²) in [5.74, 6) is 0.638. The zero-order chi connectivity index (χ0) is 13.8. The molecule has 1 N–H and O–H groups in total. The van der Waals surface area contributed by atoms with Gasteiger partial charge in [-0.2, -0.15) is 5.10 Å². The first kappa shape index (κ1) is 12.3. The molecule has 0 aliphatic rings. The lowest BCUT2D eigenvalue weighted by molar-refractivity contribution is 0.768. The number of rotatable bonds is 4. The van der Waals surface area contributed by atoms with Crippen LogP contribution in [0, 0.1) is 0 Å². The van der Waals surface area contributed by atoms with Gasteiger partial charge in [-0.25, -0.2) is 9.97 Å². The van der Waals surface area contributed by atoms with Crippen LogP contribution in [0.25, 0.3) is 11.1 Å². The van der Waals surface area contributed by atoms with Crippen molar-refractivity contribution in [1.29, 1.82) is 0 Å². The molecular formula is C15H15N5. The van der Waals surface area contributed by atoms with Crippen LogP contribution in [-0.2, 0) is 13.6 Å². The van der Waals surface area contributed by atoms with Crippen molar-refractivity contribution in [3.05, 3.63) is 60.7 Å². The molecule has 0 radical (unpaired) electrons. The topological polar surface area (TPSA) is 55.6 Å². The summed E-state index contributed by atoms with van der Waals surface area (Å²) in [5, 5.41) is 7.40. The maximum absolute atomic E-state index is 4.20. The van der Waals surface area contributed by atoms with E-state index in [1.54, 1.807) is 23.1 Å². The first-order valence-electron chi connectivity index (χ1n) is 6.40. The third-order valence-electron chi connectivity index (χ3n) is 2.98. The van der Waals surface area contributed by atoms with E-state index in [0.717, 1.165) is 11.1 Å². The van der Waals surface area contributed by atoms with Crippen LogP contribution >= 0.6 is 0 Å². The maximum Gasteiger partial charge on any atom is 0.222 e. The Morgan fingerprint density at radius 1 is 1.10 bits per heavy atom. The zero-order valence-corrected chi connectivity index (χ0v) is 11.2. The van der Waals surface area contributed by atoms with Crippen LogP contribution in [0.2, 0.25) is 0 Å². The Bertz CT molecular complexity index is 690. The molecule has 20 heavy (non-hydrogen) atoms. The molecule has 5 nitrogen and oxygen atoms in total. The number of hydrogen-bond acceptors (Lipinski definition) is 4. The Hall–Kier alpha value is -2.69. The van der Waals surface area contributed by atoms with E-state index in [1.807, 2.05) is 25.5 Å². The third-order valence-corrected chi connectivity index (χ3v) is 2.98. The average Bonchev–Trinajstić information content (AvgIpc) is 2.93. The lowest BCUT2D eigenvalue weighted by Crippen LogP contribution is -2.02. The SMILES string of the molecule is Cn1cc(-c2cccc(CNc3ncccn3)c2)cn1. The second kappa shape index (κ2) is 5.52. The first-order chi connectivity index (χ1) is 9.81. The number of aromatic nitrogens is 4. The maximum atomic E-state index is 4.20. The highest BCUT2D eigenvalue weighted by molar-refractivity contribution is 5.62.